The first-order chi connectivity index (χ1) is 13.3. The fourth-order valence-electron chi connectivity index (χ4n) is 2.24. The van der Waals surface area contributed by atoms with Crippen LogP contribution >= 0.6 is 0 Å². The average Bonchev–Trinajstić information content (AvgIpc) is 2.70. The van der Waals surface area contributed by atoms with Gasteiger partial charge in [0.2, 0.25) is 10.0 Å². The molecule has 0 spiro atoms. The molecule has 2 aromatic carbocycles. The molecule has 28 heavy (non-hydrogen) atoms. The Labute approximate surface area is 162 Å². The summed E-state index contributed by atoms with van der Waals surface area (Å²) in [6.45, 7) is 0.166. The van der Waals surface area contributed by atoms with Crippen molar-refractivity contribution in [2.45, 2.75) is 10.9 Å². The van der Waals surface area contributed by atoms with E-state index < -0.39 is 34.5 Å². The van der Waals surface area contributed by atoms with Crippen LogP contribution in [0.15, 0.2) is 59.5 Å². The number of nitrogens with one attached hydrogen (secondary N) is 2. The Morgan fingerprint density at radius 3 is 2.46 bits per heavy atom. The molecule has 0 aliphatic carbocycles. The number of amides is 1. The van der Waals surface area contributed by atoms with Crippen LogP contribution in [-0.4, -0.2) is 51.1 Å². The number of hydrogen-bond acceptors (Lipinski definition) is 6. The molecule has 10 heteroatoms. The van der Waals surface area contributed by atoms with Gasteiger partial charge in [0.25, 0.3) is 5.91 Å². The van der Waals surface area contributed by atoms with Crippen molar-refractivity contribution in [3.8, 4) is 5.75 Å². The van der Waals surface area contributed by atoms with E-state index in [1.807, 2.05) is 0 Å². The lowest BCUT2D eigenvalue weighted by molar-refractivity contribution is -0.138. The van der Waals surface area contributed by atoms with E-state index in [0.717, 1.165) is 0 Å². The van der Waals surface area contributed by atoms with E-state index in [0.29, 0.717) is 12.3 Å². The van der Waals surface area contributed by atoms with Crippen molar-refractivity contribution < 1.29 is 27.9 Å². The molecule has 9 nitrogen and oxygen atoms in total. The Hall–Kier alpha value is -2.95. The molecule has 0 saturated heterocycles. The molecular formula is C18H21N3O6S. The molecule has 2 rings (SSSR count). The fraction of sp³-hybridized carbons (Fsp3) is 0.222. The van der Waals surface area contributed by atoms with Gasteiger partial charge in [-0.2, -0.15) is 4.72 Å². The topological polar surface area (TPSA) is 148 Å². The summed E-state index contributed by atoms with van der Waals surface area (Å²) >= 11 is 0. The van der Waals surface area contributed by atoms with Gasteiger partial charge >= 0.3 is 5.97 Å². The second kappa shape index (κ2) is 9.83. The number of aliphatic carboxylic acids is 1. The normalized spacial score (nSPS) is 12.2. The van der Waals surface area contributed by atoms with Crippen LogP contribution in [0.1, 0.15) is 10.4 Å². The van der Waals surface area contributed by atoms with Crippen LogP contribution in [0.2, 0.25) is 0 Å². The van der Waals surface area contributed by atoms with Gasteiger partial charge in [0, 0.05) is 18.7 Å². The van der Waals surface area contributed by atoms with Crippen molar-refractivity contribution in [2.75, 3.05) is 19.7 Å². The highest BCUT2D eigenvalue weighted by Gasteiger charge is 2.26. The molecule has 0 heterocycles. The van der Waals surface area contributed by atoms with Gasteiger partial charge in [-0.15, -0.1) is 0 Å². The summed E-state index contributed by atoms with van der Waals surface area (Å²) in [6.07, 6.45) is 0. The number of ether oxygens (including phenoxy) is 1. The van der Waals surface area contributed by atoms with Gasteiger partial charge in [-0.05, 0) is 30.3 Å². The molecule has 0 bridgehead atoms. The summed E-state index contributed by atoms with van der Waals surface area (Å²) in [5, 5.41) is 11.7. The summed E-state index contributed by atoms with van der Waals surface area (Å²) in [7, 11) is -4.05. The molecule has 0 aliphatic rings. The van der Waals surface area contributed by atoms with Crippen LogP contribution in [0.3, 0.4) is 0 Å². The van der Waals surface area contributed by atoms with E-state index in [9.17, 15) is 23.1 Å². The zero-order valence-corrected chi connectivity index (χ0v) is 15.7. The zero-order chi connectivity index (χ0) is 20.6. The van der Waals surface area contributed by atoms with Crippen molar-refractivity contribution in [2.24, 2.45) is 5.73 Å². The van der Waals surface area contributed by atoms with Crippen LogP contribution in [0, 0.1) is 0 Å². The minimum Gasteiger partial charge on any atom is -0.492 e. The second-order valence-electron chi connectivity index (χ2n) is 5.70. The van der Waals surface area contributed by atoms with Crippen molar-refractivity contribution in [3.05, 3.63) is 60.2 Å². The smallest absolute Gasteiger partial charge is 0.323 e. The Balaban J connectivity index is 2.03. The molecule has 150 valence electrons. The molecule has 0 unspecified atom stereocenters. The van der Waals surface area contributed by atoms with Crippen LogP contribution in [0.5, 0.6) is 5.75 Å². The van der Waals surface area contributed by atoms with Crippen molar-refractivity contribution in [1.29, 1.82) is 0 Å². The molecule has 0 aliphatic heterocycles. The molecule has 1 amide bonds. The lowest BCUT2D eigenvalue weighted by Crippen LogP contribution is -2.48. The molecule has 0 radical (unpaired) electrons. The van der Waals surface area contributed by atoms with E-state index in [1.165, 1.54) is 36.4 Å². The zero-order valence-electron chi connectivity index (χ0n) is 14.9. The van der Waals surface area contributed by atoms with Gasteiger partial charge in [0.1, 0.15) is 18.4 Å². The molecule has 1 atom stereocenters. The summed E-state index contributed by atoms with van der Waals surface area (Å²) in [4.78, 5) is 23.6. The number of carbonyl (C=O) groups excluding carboxylic acids is 1. The van der Waals surface area contributed by atoms with Crippen LogP contribution in [0.4, 0.5) is 0 Å². The van der Waals surface area contributed by atoms with Crippen molar-refractivity contribution in [1.82, 2.24) is 10.0 Å². The van der Waals surface area contributed by atoms with E-state index in [2.05, 4.69) is 10.0 Å². The lowest BCUT2D eigenvalue weighted by Gasteiger charge is -2.16. The Morgan fingerprint density at radius 1 is 1.11 bits per heavy atom. The minimum absolute atomic E-state index is 0.0719. The molecule has 2 aromatic rings. The van der Waals surface area contributed by atoms with Gasteiger partial charge in [-0.25, -0.2) is 8.42 Å². The highest BCUT2D eigenvalue weighted by atomic mass is 32.2. The number of carbonyl (C=O) groups is 2. The highest BCUT2D eigenvalue weighted by molar-refractivity contribution is 7.89. The van der Waals surface area contributed by atoms with Crippen molar-refractivity contribution >= 4 is 21.9 Å². The quantitative estimate of drug-likeness (QED) is 0.439. The Morgan fingerprint density at radius 2 is 1.82 bits per heavy atom. The van der Waals surface area contributed by atoms with Crippen molar-refractivity contribution in [3.63, 3.8) is 0 Å². The van der Waals surface area contributed by atoms with E-state index in [1.54, 1.807) is 18.2 Å². The number of nitrogens with two attached hydrogens (primary N) is 1. The maximum absolute atomic E-state index is 12.3. The van der Waals surface area contributed by atoms with E-state index >= 15 is 0 Å². The first-order valence-electron chi connectivity index (χ1n) is 8.35. The number of sulfonamides is 1. The molecule has 5 N–H and O–H groups in total. The largest absolute Gasteiger partial charge is 0.492 e. The van der Waals surface area contributed by atoms with Gasteiger partial charge in [-0.3, -0.25) is 9.59 Å². The number of rotatable bonds is 10. The van der Waals surface area contributed by atoms with Gasteiger partial charge in [-0.1, -0.05) is 24.3 Å². The van der Waals surface area contributed by atoms with Crippen LogP contribution in [-0.2, 0) is 14.8 Å². The molecule has 0 aromatic heterocycles. The number of benzene rings is 2. The molecule has 0 saturated carbocycles. The predicted octanol–water partition coefficient (Wildman–Crippen LogP) is 0.186. The first-order valence-corrected chi connectivity index (χ1v) is 9.83. The first kappa shape index (κ1) is 21.4. The maximum Gasteiger partial charge on any atom is 0.323 e. The highest BCUT2D eigenvalue weighted by Crippen LogP contribution is 2.13. The predicted molar refractivity (Wildman–Crippen MR) is 102 cm³/mol. The van der Waals surface area contributed by atoms with Gasteiger partial charge < -0.3 is 20.9 Å². The third-order valence-corrected chi connectivity index (χ3v) is 5.09. The number of carboxylic acid groups (broad SMARTS) is 1. The van der Waals surface area contributed by atoms with Crippen LogP contribution in [0.25, 0.3) is 0 Å². The standard InChI is InChI=1S/C18H21N3O6S/c19-9-10-27-14-6-4-5-13(11-14)17(22)20-12-16(18(23)24)21-28(25,26)15-7-2-1-3-8-15/h1-8,11,16,21H,9-10,12,19H2,(H,20,22)(H,23,24)/t16-/m0/s1. The minimum atomic E-state index is -4.05. The van der Waals surface area contributed by atoms with Gasteiger partial charge in [0.05, 0.1) is 4.90 Å². The maximum atomic E-state index is 12.3. The fourth-order valence-corrected chi connectivity index (χ4v) is 3.45. The molecular weight excluding hydrogens is 386 g/mol. The summed E-state index contributed by atoms with van der Waals surface area (Å²) in [5.74, 6) is -1.54. The summed E-state index contributed by atoms with van der Waals surface area (Å²) in [6, 6.07) is 12.1. The second-order valence-corrected chi connectivity index (χ2v) is 7.41. The SMILES string of the molecule is NCCOc1cccc(C(=O)NC[C@H](NS(=O)(=O)c2ccccc2)C(=O)O)c1. The monoisotopic (exact) mass is 407 g/mol. The molecule has 0 fully saturated rings. The lowest BCUT2D eigenvalue weighted by atomic mass is 10.2. The third kappa shape index (κ3) is 6.05. The summed E-state index contributed by atoms with van der Waals surface area (Å²) in [5.41, 5.74) is 5.60. The Kier molecular flexibility index (Phi) is 7.50. The Bertz CT molecular complexity index is 918. The van der Waals surface area contributed by atoms with E-state index in [-0.39, 0.29) is 17.1 Å². The summed E-state index contributed by atoms with van der Waals surface area (Å²) < 4.78 is 32.0. The van der Waals surface area contributed by atoms with Crippen LogP contribution < -0.4 is 20.5 Å². The average molecular weight is 407 g/mol. The third-order valence-electron chi connectivity index (χ3n) is 3.60. The van der Waals surface area contributed by atoms with E-state index in [4.69, 9.17) is 10.5 Å². The number of hydrogen-bond donors (Lipinski definition) is 4. The number of carboxylic acids is 1. The van der Waals surface area contributed by atoms with Gasteiger partial charge in [0.15, 0.2) is 0 Å².